The third kappa shape index (κ3) is 4.30. The Hall–Kier alpha value is -2.55. The molecule has 2 aliphatic rings. The molecule has 1 unspecified atom stereocenters. The Bertz CT molecular complexity index is 1020. The average Bonchev–Trinajstić information content (AvgIpc) is 2.75. The molecule has 2 fully saturated rings. The van der Waals surface area contributed by atoms with Gasteiger partial charge in [-0.05, 0) is 42.7 Å². The molecule has 160 valence electrons. The van der Waals surface area contributed by atoms with E-state index in [1.165, 1.54) is 6.07 Å². The third-order valence-electron chi connectivity index (χ3n) is 5.87. The molecular weight excluding hydrogens is 412 g/mol. The summed E-state index contributed by atoms with van der Waals surface area (Å²) in [6.45, 7) is 1.33. The largest absolute Gasteiger partial charge is 0.352 e. The van der Waals surface area contributed by atoms with Gasteiger partial charge in [0, 0.05) is 31.7 Å². The number of sulfone groups is 1. The molecule has 0 saturated carbocycles. The zero-order chi connectivity index (χ0) is 21.3. The normalized spacial score (nSPS) is 22.1. The van der Waals surface area contributed by atoms with Crippen LogP contribution in [0.2, 0.25) is 0 Å². The van der Waals surface area contributed by atoms with Crippen LogP contribution in [0.1, 0.15) is 24.4 Å². The first-order valence-electron chi connectivity index (χ1n) is 9.96. The fourth-order valence-corrected chi connectivity index (χ4v) is 5.66. The highest BCUT2D eigenvalue weighted by atomic mass is 32.2. The van der Waals surface area contributed by atoms with E-state index in [0.29, 0.717) is 38.0 Å². The van der Waals surface area contributed by atoms with Crippen LogP contribution in [0.5, 0.6) is 0 Å². The summed E-state index contributed by atoms with van der Waals surface area (Å²) in [5, 5.41) is 0. The lowest BCUT2D eigenvalue weighted by Gasteiger charge is -2.43. The van der Waals surface area contributed by atoms with Crippen molar-refractivity contribution in [3.63, 3.8) is 0 Å². The molecule has 0 radical (unpaired) electrons. The number of halogens is 2. The van der Waals surface area contributed by atoms with Crippen LogP contribution in [0.25, 0.3) is 0 Å². The van der Waals surface area contributed by atoms with Gasteiger partial charge in [-0.15, -0.1) is 0 Å². The van der Waals surface area contributed by atoms with E-state index >= 15 is 0 Å². The predicted octanol–water partition coefficient (Wildman–Crippen LogP) is 2.57. The molecule has 30 heavy (non-hydrogen) atoms. The number of anilines is 1. The quantitative estimate of drug-likeness (QED) is 0.741. The zero-order valence-corrected chi connectivity index (χ0v) is 17.2. The van der Waals surface area contributed by atoms with E-state index in [0.717, 1.165) is 18.0 Å². The fraction of sp³-hybridized carbons (Fsp3) is 0.429. The summed E-state index contributed by atoms with van der Waals surface area (Å²) in [6, 6.07) is 8.76. The van der Waals surface area contributed by atoms with Crippen LogP contribution in [0.15, 0.2) is 42.6 Å². The van der Waals surface area contributed by atoms with Gasteiger partial charge >= 0.3 is 0 Å². The molecule has 2 aromatic rings. The number of nitrogens with zero attached hydrogens (tertiary/aromatic N) is 3. The molecule has 1 amide bonds. The van der Waals surface area contributed by atoms with Crippen molar-refractivity contribution in [2.75, 3.05) is 36.0 Å². The van der Waals surface area contributed by atoms with Crippen LogP contribution in [0, 0.1) is 17.6 Å². The number of hydrogen-bond acceptors (Lipinski definition) is 5. The minimum atomic E-state index is -3.08. The molecule has 4 rings (SSSR count). The highest BCUT2D eigenvalue weighted by molar-refractivity contribution is 7.91. The Balaban J connectivity index is 1.61. The monoisotopic (exact) mass is 435 g/mol. The Kier molecular flexibility index (Phi) is 5.73. The van der Waals surface area contributed by atoms with Gasteiger partial charge < -0.3 is 9.80 Å². The summed E-state index contributed by atoms with van der Waals surface area (Å²) < 4.78 is 50.9. The Morgan fingerprint density at radius 2 is 1.80 bits per heavy atom. The van der Waals surface area contributed by atoms with Crippen molar-refractivity contribution in [2.45, 2.75) is 18.9 Å². The van der Waals surface area contributed by atoms with Gasteiger partial charge in [-0.25, -0.2) is 22.2 Å². The number of aromatic nitrogens is 1. The molecule has 2 aliphatic heterocycles. The van der Waals surface area contributed by atoms with Crippen molar-refractivity contribution < 1.29 is 22.0 Å². The van der Waals surface area contributed by atoms with E-state index in [4.69, 9.17) is 0 Å². The van der Waals surface area contributed by atoms with Crippen LogP contribution >= 0.6 is 0 Å². The number of amides is 1. The number of pyridine rings is 1. The third-order valence-corrected chi connectivity index (χ3v) is 7.58. The Labute approximate surface area is 174 Å². The summed E-state index contributed by atoms with van der Waals surface area (Å²) in [6.07, 6.45) is 2.28. The average molecular weight is 435 g/mol. The molecule has 0 spiro atoms. The van der Waals surface area contributed by atoms with Gasteiger partial charge in [0.25, 0.3) is 0 Å². The van der Waals surface area contributed by atoms with E-state index in [9.17, 15) is 22.0 Å². The number of carbonyl (C=O) groups is 1. The Morgan fingerprint density at radius 3 is 2.47 bits per heavy atom. The molecule has 1 atom stereocenters. The van der Waals surface area contributed by atoms with Crippen molar-refractivity contribution >= 4 is 21.6 Å². The highest BCUT2D eigenvalue weighted by Gasteiger charge is 2.37. The van der Waals surface area contributed by atoms with Crippen molar-refractivity contribution in [3.05, 3.63) is 59.8 Å². The van der Waals surface area contributed by atoms with Crippen molar-refractivity contribution in [1.82, 2.24) is 9.88 Å². The van der Waals surface area contributed by atoms with E-state index in [1.54, 1.807) is 11.1 Å². The maximum atomic E-state index is 14.0. The molecule has 0 aliphatic carbocycles. The second-order valence-corrected chi connectivity index (χ2v) is 10.1. The standard InChI is InChI=1S/C21H23F2N3O3S/c22-17-5-4-16(13-18(17)23)19-14-25(20-3-1-2-8-24-20)9-10-26(19)21(27)15-6-11-30(28,29)12-7-15/h1-5,8,13,15,19H,6-7,9-12,14H2. The first-order valence-corrected chi connectivity index (χ1v) is 11.8. The summed E-state index contributed by atoms with van der Waals surface area (Å²) in [5.74, 6) is -1.63. The summed E-state index contributed by atoms with van der Waals surface area (Å²) >= 11 is 0. The zero-order valence-electron chi connectivity index (χ0n) is 16.4. The van der Waals surface area contributed by atoms with E-state index in [1.807, 2.05) is 23.1 Å². The van der Waals surface area contributed by atoms with E-state index < -0.39 is 27.5 Å². The highest BCUT2D eigenvalue weighted by Crippen LogP contribution is 2.32. The SMILES string of the molecule is O=C(C1CCS(=O)(=O)CC1)N1CCN(c2ccccn2)CC1c1ccc(F)c(F)c1. The molecule has 6 nitrogen and oxygen atoms in total. The molecule has 1 aromatic carbocycles. The lowest BCUT2D eigenvalue weighted by Crippen LogP contribution is -2.53. The molecule has 1 aromatic heterocycles. The van der Waals surface area contributed by atoms with Gasteiger partial charge in [0.15, 0.2) is 11.6 Å². The second kappa shape index (κ2) is 8.29. The maximum Gasteiger partial charge on any atom is 0.226 e. The fourth-order valence-electron chi connectivity index (χ4n) is 4.17. The van der Waals surface area contributed by atoms with Gasteiger partial charge in [0.05, 0.1) is 17.5 Å². The maximum absolute atomic E-state index is 14.0. The van der Waals surface area contributed by atoms with Crippen LogP contribution < -0.4 is 4.90 Å². The second-order valence-electron chi connectivity index (χ2n) is 7.78. The lowest BCUT2D eigenvalue weighted by molar-refractivity contribution is -0.138. The summed E-state index contributed by atoms with van der Waals surface area (Å²) in [7, 11) is -3.08. The number of rotatable bonds is 3. The number of piperazine rings is 1. The van der Waals surface area contributed by atoms with Crippen molar-refractivity contribution in [3.8, 4) is 0 Å². The smallest absolute Gasteiger partial charge is 0.226 e. The van der Waals surface area contributed by atoms with Crippen molar-refractivity contribution in [1.29, 1.82) is 0 Å². The molecule has 9 heteroatoms. The number of hydrogen-bond donors (Lipinski definition) is 0. The lowest BCUT2D eigenvalue weighted by atomic mass is 9.96. The first kappa shape index (κ1) is 20.7. The van der Waals surface area contributed by atoms with Gasteiger partial charge in [-0.1, -0.05) is 12.1 Å². The first-order chi connectivity index (χ1) is 14.3. The Morgan fingerprint density at radius 1 is 1.03 bits per heavy atom. The predicted molar refractivity (Wildman–Crippen MR) is 109 cm³/mol. The summed E-state index contributed by atoms with van der Waals surface area (Å²) in [5.41, 5.74) is 0.506. The van der Waals surface area contributed by atoms with E-state index in [-0.39, 0.29) is 23.3 Å². The molecular formula is C21H23F2N3O3S. The van der Waals surface area contributed by atoms with Crippen LogP contribution in [-0.4, -0.2) is 55.3 Å². The molecule has 3 heterocycles. The van der Waals surface area contributed by atoms with Gasteiger partial charge in [0.2, 0.25) is 5.91 Å². The number of benzene rings is 1. The molecule has 0 bridgehead atoms. The minimum absolute atomic E-state index is 0.00709. The van der Waals surface area contributed by atoms with Crippen LogP contribution in [0.3, 0.4) is 0 Å². The van der Waals surface area contributed by atoms with Crippen molar-refractivity contribution in [2.24, 2.45) is 5.92 Å². The molecule has 2 saturated heterocycles. The summed E-state index contributed by atoms with van der Waals surface area (Å²) in [4.78, 5) is 21.3. The van der Waals surface area contributed by atoms with Gasteiger partial charge in [0.1, 0.15) is 15.7 Å². The minimum Gasteiger partial charge on any atom is -0.352 e. The van der Waals surface area contributed by atoms with Gasteiger partial charge in [-0.2, -0.15) is 0 Å². The van der Waals surface area contributed by atoms with E-state index in [2.05, 4.69) is 4.98 Å². The molecule has 0 N–H and O–H groups in total. The van der Waals surface area contributed by atoms with Crippen LogP contribution in [-0.2, 0) is 14.6 Å². The van der Waals surface area contributed by atoms with Gasteiger partial charge in [-0.3, -0.25) is 4.79 Å². The number of carbonyl (C=O) groups excluding carboxylic acids is 1. The van der Waals surface area contributed by atoms with Crippen LogP contribution in [0.4, 0.5) is 14.6 Å². The topological polar surface area (TPSA) is 70.6 Å².